The summed E-state index contributed by atoms with van der Waals surface area (Å²) in [5.74, 6) is 0.750. The molecule has 10 nitrogen and oxygen atoms in total. The number of rotatable bonds is 10. The van der Waals surface area contributed by atoms with Gasteiger partial charge in [-0.15, -0.1) is 0 Å². The van der Waals surface area contributed by atoms with E-state index in [0.717, 1.165) is 12.8 Å². The van der Waals surface area contributed by atoms with Crippen LogP contribution in [0.1, 0.15) is 66.7 Å². The standard InChI is InChI=1S/C21H37BN5O5/c1-13(2)10-17(25-18(28)8-6-7-9-24-19(23)26-27(29)30)22-31-16-12-14-11-15(20(14,3)4)21(16,5)32-22/h8,13-17H,6-7,9-12H2,1-5H3,(H,25,28)(H3,23,24,26)/t14?,15-,16?,17-,21-/m0/s1. The average molecular weight is 450 g/mol. The predicted molar refractivity (Wildman–Crippen MR) is 121 cm³/mol. The maximum atomic E-state index is 12.6. The van der Waals surface area contributed by atoms with Crippen molar-refractivity contribution >= 4 is 19.0 Å². The number of guanidine groups is 1. The fraction of sp³-hybridized carbons (Fsp3) is 0.857. The Hall–Kier alpha value is -1.88. The van der Waals surface area contributed by atoms with Crippen LogP contribution in [0.25, 0.3) is 0 Å². The summed E-state index contributed by atoms with van der Waals surface area (Å²) in [6, 6.07) is 0. The molecule has 1 heterocycles. The molecule has 179 valence electrons. The Kier molecular flexibility index (Phi) is 7.39. The molecule has 32 heavy (non-hydrogen) atoms. The van der Waals surface area contributed by atoms with Crippen molar-refractivity contribution in [2.75, 3.05) is 6.54 Å². The first-order valence-corrected chi connectivity index (χ1v) is 11.6. The lowest BCUT2D eigenvalue weighted by atomic mass is 9.43. The van der Waals surface area contributed by atoms with Gasteiger partial charge in [0.2, 0.25) is 5.91 Å². The van der Waals surface area contributed by atoms with Crippen molar-refractivity contribution in [1.82, 2.24) is 16.1 Å². The van der Waals surface area contributed by atoms with Gasteiger partial charge in [-0.1, -0.05) is 33.1 Å². The molecule has 1 radical (unpaired) electrons. The van der Waals surface area contributed by atoms with Crippen molar-refractivity contribution in [2.24, 2.45) is 23.2 Å². The number of nitrogens with one attached hydrogen (secondary N) is 4. The van der Waals surface area contributed by atoms with E-state index in [0.29, 0.717) is 37.1 Å². The van der Waals surface area contributed by atoms with E-state index in [1.54, 1.807) is 11.8 Å². The first-order chi connectivity index (χ1) is 14.9. The van der Waals surface area contributed by atoms with Crippen molar-refractivity contribution in [3.63, 3.8) is 0 Å². The quantitative estimate of drug-likeness (QED) is 0.0998. The van der Waals surface area contributed by atoms with Crippen molar-refractivity contribution in [2.45, 2.75) is 84.4 Å². The van der Waals surface area contributed by atoms with Gasteiger partial charge in [0.1, 0.15) is 0 Å². The van der Waals surface area contributed by atoms with E-state index in [1.165, 1.54) is 6.42 Å². The average Bonchev–Trinajstić information content (AvgIpc) is 3.03. The zero-order chi connectivity index (χ0) is 23.7. The number of nitrogens with zero attached hydrogens (tertiary/aromatic N) is 1. The molecule has 5 atom stereocenters. The molecule has 3 aliphatic carbocycles. The van der Waals surface area contributed by atoms with Gasteiger partial charge in [0.15, 0.2) is 5.03 Å². The van der Waals surface area contributed by atoms with Crippen molar-refractivity contribution < 1.29 is 19.1 Å². The van der Waals surface area contributed by atoms with Gasteiger partial charge in [-0.3, -0.25) is 10.2 Å². The van der Waals surface area contributed by atoms with Crippen molar-refractivity contribution in [3.8, 4) is 0 Å². The van der Waals surface area contributed by atoms with Crippen LogP contribution >= 0.6 is 0 Å². The molecule has 0 aromatic heterocycles. The molecule has 4 N–H and O–H groups in total. The highest BCUT2D eigenvalue weighted by molar-refractivity contribution is 6.48. The van der Waals surface area contributed by atoms with E-state index in [4.69, 9.17) is 14.7 Å². The second-order valence-electron chi connectivity index (χ2n) is 10.6. The Balaban J connectivity index is 1.48. The highest BCUT2D eigenvalue weighted by Gasteiger charge is 2.68. The van der Waals surface area contributed by atoms with Crippen molar-refractivity contribution in [3.05, 3.63) is 16.5 Å². The van der Waals surface area contributed by atoms with Gasteiger partial charge in [0, 0.05) is 13.0 Å². The molecule has 2 bridgehead atoms. The van der Waals surface area contributed by atoms with Crippen LogP contribution in [0, 0.1) is 45.1 Å². The molecule has 0 aromatic carbocycles. The first kappa shape index (κ1) is 24.8. The minimum atomic E-state index is -0.794. The van der Waals surface area contributed by atoms with Gasteiger partial charge in [0.05, 0.1) is 17.6 Å². The molecule has 1 amide bonds. The second kappa shape index (κ2) is 9.55. The number of hydrogen-bond donors (Lipinski definition) is 4. The lowest BCUT2D eigenvalue weighted by Crippen LogP contribution is -2.65. The molecule has 1 aliphatic heterocycles. The van der Waals surface area contributed by atoms with Gasteiger partial charge in [-0.2, -0.15) is 0 Å². The summed E-state index contributed by atoms with van der Waals surface area (Å²) in [4.78, 5) is 22.8. The molecule has 11 heteroatoms. The summed E-state index contributed by atoms with van der Waals surface area (Å²) in [6.45, 7) is 11.4. The fourth-order valence-corrected chi connectivity index (χ4v) is 5.74. The smallest absolute Gasteiger partial charge is 0.404 e. The molecule has 4 fully saturated rings. The van der Waals surface area contributed by atoms with E-state index in [-0.39, 0.29) is 34.9 Å². The van der Waals surface area contributed by atoms with Crippen LogP contribution in [-0.2, 0) is 14.1 Å². The normalized spacial score (nSPS) is 30.8. The summed E-state index contributed by atoms with van der Waals surface area (Å²) in [6.07, 6.45) is 5.67. The molecular weight excluding hydrogens is 413 g/mol. The third-order valence-electron chi connectivity index (χ3n) is 7.57. The number of hydrazine groups is 1. The molecule has 2 unspecified atom stereocenters. The predicted octanol–water partition coefficient (Wildman–Crippen LogP) is 2.07. The van der Waals surface area contributed by atoms with E-state index >= 15 is 0 Å². The Labute approximate surface area is 190 Å². The monoisotopic (exact) mass is 450 g/mol. The van der Waals surface area contributed by atoms with E-state index in [1.807, 2.05) is 0 Å². The molecule has 4 aliphatic rings. The fourth-order valence-electron chi connectivity index (χ4n) is 5.74. The summed E-state index contributed by atoms with van der Waals surface area (Å²) < 4.78 is 12.9. The van der Waals surface area contributed by atoms with Gasteiger partial charge >= 0.3 is 7.12 Å². The van der Waals surface area contributed by atoms with E-state index in [2.05, 4.69) is 45.3 Å². The summed E-state index contributed by atoms with van der Waals surface area (Å²) in [7, 11) is -0.449. The summed E-state index contributed by atoms with van der Waals surface area (Å²) >= 11 is 0. The van der Waals surface area contributed by atoms with Gasteiger partial charge in [-0.25, -0.2) is 10.1 Å². The number of amides is 1. The van der Waals surface area contributed by atoms with Gasteiger partial charge < -0.3 is 19.9 Å². The third kappa shape index (κ3) is 5.19. The molecular formula is C21H37BN5O5. The first-order valence-electron chi connectivity index (χ1n) is 11.6. The van der Waals surface area contributed by atoms with Crippen LogP contribution in [0.2, 0.25) is 0 Å². The third-order valence-corrected chi connectivity index (χ3v) is 7.57. The van der Waals surface area contributed by atoms with Crippen LogP contribution in [0.15, 0.2) is 0 Å². The zero-order valence-electron chi connectivity index (χ0n) is 19.8. The SMILES string of the molecule is CC(C)C[C@H](NC(=O)[CH]CCCNC(=N)N[N+](=O)[O-])B1OC2CC3C[C@@H](C3(C)C)[C@]2(C)O1. The maximum Gasteiger partial charge on any atom is 0.481 e. The minimum absolute atomic E-state index is 0.0778. The molecule has 3 saturated carbocycles. The highest BCUT2D eigenvalue weighted by Crippen LogP contribution is 2.65. The van der Waals surface area contributed by atoms with Crippen LogP contribution in [0.3, 0.4) is 0 Å². The number of carbonyl (C=O) groups excluding carboxylic acids is 1. The Morgan fingerprint density at radius 2 is 2.06 bits per heavy atom. The number of carbonyl (C=O) groups is 1. The number of unbranched alkanes of at least 4 members (excludes halogenated alkanes) is 1. The number of nitro groups is 1. The topological polar surface area (TPSA) is 139 Å². The summed E-state index contributed by atoms with van der Waals surface area (Å²) in [5.41, 5.74) is 1.70. The van der Waals surface area contributed by atoms with E-state index in [9.17, 15) is 14.9 Å². The Morgan fingerprint density at radius 3 is 2.69 bits per heavy atom. The maximum absolute atomic E-state index is 12.6. The second-order valence-corrected chi connectivity index (χ2v) is 10.6. The van der Waals surface area contributed by atoms with Crippen LogP contribution in [0.4, 0.5) is 0 Å². The zero-order valence-corrected chi connectivity index (χ0v) is 19.8. The van der Waals surface area contributed by atoms with Crippen LogP contribution < -0.4 is 16.1 Å². The van der Waals surface area contributed by atoms with Gasteiger partial charge in [-0.05, 0) is 62.2 Å². The Bertz CT molecular complexity index is 735. The molecule has 0 aromatic rings. The van der Waals surface area contributed by atoms with Crippen molar-refractivity contribution in [1.29, 1.82) is 5.41 Å². The lowest BCUT2D eigenvalue weighted by Gasteiger charge is -2.64. The molecule has 4 rings (SSSR count). The lowest BCUT2D eigenvalue weighted by molar-refractivity contribution is -0.525. The van der Waals surface area contributed by atoms with E-state index < -0.39 is 12.2 Å². The number of hydrogen-bond acceptors (Lipinski definition) is 6. The minimum Gasteiger partial charge on any atom is -0.404 e. The van der Waals surface area contributed by atoms with Crippen LogP contribution in [0.5, 0.6) is 0 Å². The molecule has 1 saturated heterocycles. The highest BCUT2D eigenvalue weighted by atomic mass is 16.7. The largest absolute Gasteiger partial charge is 0.481 e. The molecule has 0 spiro atoms. The summed E-state index contributed by atoms with van der Waals surface area (Å²) in [5, 5.41) is 22.5. The Morgan fingerprint density at radius 1 is 1.34 bits per heavy atom. The van der Waals surface area contributed by atoms with Gasteiger partial charge in [0.25, 0.3) is 5.96 Å². The van der Waals surface area contributed by atoms with Crippen LogP contribution in [-0.4, -0.2) is 48.2 Å².